The maximum absolute atomic E-state index is 13.7. The van der Waals surface area contributed by atoms with Crippen LogP contribution in [0.5, 0.6) is 0 Å². The van der Waals surface area contributed by atoms with Gasteiger partial charge in [0, 0.05) is 12.7 Å². The van der Waals surface area contributed by atoms with Gasteiger partial charge in [0.2, 0.25) is 0 Å². The summed E-state index contributed by atoms with van der Waals surface area (Å²) in [6.07, 6.45) is 4.58. The fraction of sp³-hybridized carbons (Fsp3) is 0.263. The first kappa shape index (κ1) is 16.1. The molecule has 3 aromatic rings. The van der Waals surface area contributed by atoms with Crippen molar-refractivity contribution in [2.45, 2.75) is 24.5 Å². The summed E-state index contributed by atoms with van der Waals surface area (Å²) in [4.78, 5) is 19.5. The third-order valence-corrected chi connectivity index (χ3v) is 5.46. The van der Waals surface area contributed by atoms with Gasteiger partial charge in [0.1, 0.15) is 5.82 Å². The van der Waals surface area contributed by atoms with E-state index in [1.807, 2.05) is 48.0 Å². The SMILES string of the molecule is CSc1nc(C(=O)N2CCc3ccc(F)cc3C2C)c2ccccn12. The van der Waals surface area contributed by atoms with Gasteiger partial charge < -0.3 is 4.90 Å². The molecule has 25 heavy (non-hydrogen) atoms. The van der Waals surface area contributed by atoms with Gasteiger partial charge in [-0.15, -0.1) is 0 Å². The van der Waals surface area contributed by atoms with Crippen molar-refractivity contribution in [3.8, 4) is 0 Å². The van der Waals surface area contributed by atoms with Gasteiger partial charge in [0.15, 0.2) is 10.9 Å². The molecule has 1 atom stereocenters. The molecule has 1 aliphatic heterocycles. The van der Waals surface area contributed by atoms with E-state index < -0.39 is 0 Å². The highest BCUT2D eigenvalue weighted by atomic mass is 32.2. The highest BCUT2D eigenvalue weighted by molar-refractivity contribution is 7.98. The average Bonchev–Trinajstić information content (AvgIpc) is 3.01. The van der Waals surface area contributed by atoms with Crippen LogP contribution in [0.2, 0.25) is 0 Å². The molecule has 0 spiro atoms. The minimum Gasteiger partial charge on any atom is -0.330 e. The lowest BCUT2D eigenvalue weighted by Crippen LogP contribution is -2.39. The molecule has 0 radical (unpaired) electrons. The van der Waals surface area contributed by atoms with Crippen molar-refractivity contribution in [3.05, 3.63) is 65.2 Å². The molecule has 3 heterocycles. The van der Waals surface area contributed by atoms with Crippen LogP contribution in [0.25, 0.3) is 5.52 Å². The van der Waals surface area contributed by atoms with Crippen molar-refractivity contribution in [3.63, 3.8) is 0 Å². The van der Waals surface area contributed by atoms with E-state index in [1.165, 1.54) is 23.9 Å². The number of pyridine rings is 1. The van der Waals surface area contributed by atoms with Crippen molar-refractivity contribution >= 4 is 23.2 Å². The number of carbonyl (C=O) groups excluding carboxylic acids is 1. The number of imidazole rings is 1. The molecule has 0 saturated carbocycles. The number of amides is 1. The number of halogens is 1. The molecule has 0 saturated heterocycles. The van der Waals surface area contributed by atoms with Crippen molar-refractivity contribution in [2.75, 3.05) is 12.8 Å². The zero-order valence-electron chi connectivity index (χ0n) is 14.1. The Labute approximate surface area is 149 Å². The number of rotatable bonds is 2. The van der Waals surface area contributed by atoms with Gasteiger partial charge in [-0.2, -0.15) is 0 Å². The van der Waals surface area contributed by atoms with Crippen LogP contribution in [0.3, 0.4) is 0 Å². The predicted molar refractivity (Wildman–Crippen MR) is 96.5 cm³/mol. The van der Waals surface area contributed by atoms with Crippen molar-refractivity contribution in [1.29, 1.82) is 0 Å². The molecule has 1 amide bonds. The van der Waals surface area contributed by atoms with Crippen molar-refractivity contribution in [1.82, 2.24) is 14.3 Å². The molecule has 6 heteroatoms. The van der Waals surface area contributed by atoms with E-state index in [-0.39, 0.29) is 17.8 Å². The van der Waals surface area contributed by atoms with Crippen LogP contribution in [0.15, 0.2) is 47.8 Å². The number of carbonyl (C=O) groups is 1. The zero-order chi connectivity index (χ0) is 17.6. The molecule has 0 bridgehead atoms. The third kappa shape index (κ3) is 2.61. The first-order valence-corrected chi connectivity index (χ1v) is 9.43. The molecule has 0 fully saturated rings. The first-order chi connectivity index (χ1) is 12.1. The summed E-state index contributed by atoms with van der Waals surface area (Å²) in [5, 5.41) is 0.787. The Kier molecular flexibility index (Phi) is 4.00. The van der Waals surface area contributed by atoms with Gasteiger partial charge in [0.05, 0.1) is 11.6 Å². The summed E-state index contributed by atoms with van der Waals surface area (Å²) in [7, 11) is 0. The second kappa shape index (κ2) is 6.19. The minimum absolute atomic E-state index is 0.105. The van der Waals surface area contributed by atoms with Crippen molar-refractivity contribution in [2.24, 2.45) is 0 Å². The summed E-state index contributed by atoms with van der Waals surface area (Å²) < 4.78 is 15.6. The Balaban J connectivity index is 1.75. The Hall–Kier alpha value is -2.34. The predicted octanol–water partition coefficient (Wildman–Crippen LogP) is 3.95. The number of aromatic nitrogens is 2. The highest BCUT2D eigenvalue weighted by Gasteiger charge is 2.31. The lowest BCUT2D eigenvalue weighted by molar-refractivity contribution is 0.0673. The Bertz CT molecular complexity index is 968. The summed E-state index contributed by atoms with van der Waals surface area (Å²) in [6.45, 7) is 2.56. The van der Waals surface area contributed by atoms with E-state index in [0.717, 1.165) is 28.2 Å². The van der Waals surface area contributed by atoms with Gasteiger partial charge in [-0.05, 0) is 55.0 Å². The van der Waals surface area contributed by atoms with E-state index in [1.54, 1.807) is 4.90 Å². The number of thioether (sulfide) groups is 1. The largest absolute Gasteiger partial charge is 0.330 e. The van der Waals surface area contributed by atoms with E-state index >= 15 is 0 Å². The molecule has 4 rings (SSSR count). The second-order valence-corrected chi connectivity index (χ2v) is 6.94. The van der Waals surface area contributed by atoms with Gasteiger partial charge in [-0.25, -0.2) is 9.37 Å². The molecule has 0 N–H and O–H groups in total. The van der Waals surface area contributed by atoms with Gasteiger partial charge in [-0.3, -0.25) is 9.20 Å². The lowest BCUT2D eigenvalue weighted by Gasteiger charge is -2.35. The van der Waals surface area contributed by atoms with Gasteiger partial charge in [0.25, 0.3) is 5.91 Å². The monoisotopic (exact) mass is 355 g/mol. The van der Waals surface area contributed by atoms with Crippen LogP contribution in [-0.2, 0) is 6.42 Å². The molecular weight excluding hydrogens is 337 g/mol. The average molecular weight is 355 g/mol. The normalized spacial score (nSPS) is 16.9. The van der Waals surface area contributed by atoms with Crippen LogP contribution in [0.1, 0.15) is 34.6 Å². The van der Waals surface area contributed by atoms with Crippen LogP contribution < -0.4 is 0 Å². The summed E-state index contributed by atoms with van der Waals surface area (Å²) in [6, 6.07) is 10.4. The number of hydrogen-bond donors (Lipinski definition) is 0. The third-order valence-electron chi connectivity index (χ3n) is 4.81. The molecule has 4 nitrogen and oxygen atoms in total. The Morgan fingerprint density at radius 3 is 2.96 bits per heavy atom. The number of nitrogens with zero attached hydrogens (tertiary/aromatic N) is 3. The van der Waals surface area contributed by atoms with Crippen LogP contribution in [0, 0.1) is 5.82 Å². The fourth-order valence-electron chi connectivity index (χ4n) is 3.51. The molecule has 2 aromatic heterocycles. The maximum atomic E-state index is 13.7. The van der Waals surface area contributed by atoms with E-state index in [2.05, 4.69) is 4.98 Å². The van der Waals surface area contributed by atoms with Crippen LogP contribution in [-0.4, -0.2) is 33.0 Å². The molecular formula is C19H18FN3OS. The Morgan fingerprint density at radius 2 is 2.16 bits per heavy atom. The summed E-state index contributed by atoms with van der Waals surface area (Å²) >= 11 is 1.51. The first-order valence-electron chi connectivity index (χ1n) is 8.20. The van der Waals surface area contributed by atoms with Crippen LogP contribution in [0.4, 0.5) is 4.39 Å². The fourth-order valence-corrected chi connectivity index (χ4v) is 4.05. The number of fused-ring (bicyclic) bond motifs is 2. The summed E-state index contributed by atoms with van der Waals surface area (Å²) in [5.41, 5.74) is 3.25. The highest BCUT2D eigenvalue weighted by Crippen LogP contribution is 2.32. The molecule has 0 aliphatic carbocycles. The maximum Gasteiger partial charge on any atom is 0.275 e. The van der Waals surface area contributed by atoms with E-state index in [4.69, 9.17) is 0 Å². The number of hydrogen-bond acceptors (Lipinski definition) is 3. The topological polar surface area (TPSA) is 37.6 Å². The molecule has 1 aromatic carbocycles. The number of benzene rings is 1. The minimum atomic E-state index is -0.267. The summed E-state index contributed by atoms with van der Waals surface area (Å²) in [5.74, 6) is -0.372. The van der Waals surface area contributed by atoms with E-state index in [9.17, 15) is 9.18 Å². The van der Waals surface area contributed by atoms with E-state index in [0.29, 0.717) is 12.2 Å². The quantitative estimate of drug-likeness (QED) is 0.653. The molecule has 128 valence electrons. The standard InChI is InChI=1S/C19H18FN3OS/c1-12-15-11-14(20)7-6-13(15)8-10-22(12)18(24)17-16-5-3-4-9-23(16)19(21-17)25-2/h3-7,9,11-12H,8,10H2,1-2H3. The zero-order valence-corrected chi connectivity index (χ0v) is 14.9. The second-order valence-electron chi connectivity index (χ2n) is 6.17. The van der Waals surface area contributed by atoms with Gasteiger partial charge in [-0.1, -0.05) is 23.9 Å². The Morgan fingerprint density at radius 1 is 1.32 bits per heavy atom. The molecule has 1 unspecified atom stereocenters. The molecule has 1 aliphatic rings. The van der Waals surface area contributed by atoms with Gasteiger partial charge >= 0.3 is 0 Å². The smallest absolute Gasteiger partial charge is 0.275 e. The lowest BCUT2D eigenvalue weighted by atomic mass is 9.93. The van der Waals surface area contributed by atoms with Crippen LogP contribution >= 0.6 is 11.8 Å². The van der Waals surface area contributed by atoms with Crippen molar-refractivity contribution < 1.29 is 9.18 Å².